The molecule has 1 aromatic carbocycles. The third-order valence-corrected chi connectivity index (χ3v) is 5.48. The van der Waals surface area contributed by atoms with Crippen molar-refractivity contribution in [2.45, 2.75) is 12.8 Å². The van der Waals surface area contributed by atoms with Gasteiger partial charge in [-0.3, -0.25) is 9.78 Å². The fourth-order valence-electron chi connectivity index (χ4n) is 3.67. The summed E-state index contributed by atoms with van der Waals surface area (Å²) in [6.45, 7) is -0.397. The Hall–Kier alpha value is -4.36. The number of hydrogen-bond donors (Lipinski definition) is 2. The van der Waals surface area contributed by atoms with Crippen molar-refractivity contribution in [1.82, 2.24) is 34.7 Å². The lowest BCUT2D eigenvalue weighted by Gasteiger charge is -2.15. The minimum atomic E-state index is -4.94. The number of carbonyl (C=O) groups is 1. The van der Waals surface area contributed by atoms with E-state index in [4.69, 9.17) is 11.6 Å². The quantitative estimate of drug-likeness (QED) is 0.365. The van der Waals surface area contributed by atoms with Crippen LogP contribution in [-0.4, -0.2) is 45.8 Å². The maximum atomic E-state index is 14.2. The van der Waals surface area contributed by atoms with E-state index in [1.807, 2.05) is 0 Å². The summed E-state index contributed by atoms with van der Waals surface area (Å²) < 4.78 is 43.2. The molecule has 2 N–H and O–H groups in total. The van der Waals surface area contributed by atoms with E-state index in [9.17, 15) is 23.1 Å². The van der Waals surface area contributed by atoms with Crippen molar-refractivity contribution in [3.8, 4) is 11.5 Å². The number of aliphatic hydroxyl groups excluding tert-OH is 1. The zero-order valence-corrected chi connectivity index (χ0v) is 18.7. The molecule has 5 aromatic rings. The number of nitrogens with zero attached hydrogens (tertiary/aromatic N) is 7. The second kappa shape index (κ2) is 9.02. The number of amides is 1. The van der Waals surface area contributed by atoms with Crippen LogP contribution in [0.3, 0.4) is 0 Å². The standard InChI is InChI=1S/C22H14ClF3N8O2/c23-16-7-12(8-28-20(16)34-29-5-6-30-34)32-21(36)15-9-31-33(19(15)22(24,25)26)18-10-27-17(11-35)13-3-1-2-4-14(13)18/h1-10,35H,11H2,(H,32,36). The smallest absolute Gasteiger partial charge is 0.390 e. The highest BCUT2D eigenvalue weighted by Crippen LogP contribution is 2.36. The summed E-state index contributed by atoms with van der Waals surface area (Å²) in [6.07, 6.45) is 1.10. The summed E-state index contributed by atoms with van der Waals surface area (Å²) in [4.78, 5) is 22.2. The van der Waals surface area contributed by atoms with Gasteiger partial charge in [0, 0.05) is 10.8 Å². The van der Waals surface area contributed by atoms with Crippen LogP contribution in [0.2, 0.25) is 5.02 Å². The van der Waals surface area contributed by atoms with E-state index < -0.39 is 29.9 Å². The van der Waals surface area contributed by atoms with E-state index in [2.05, 4.69) is 30.6 Å². The van der Waals surface area contributed by atoms with Crippen molar-refractivity contribution in [2.24, 2.45) is 0 Å². The van der Waals surface area contributed by atoms with Crippen LogP contribution < -0.4 is 5.32 Å². The van der Waals surface area contributed by atoms with Crippen molar-refractivity contribution >= 4 is 34.0 Å². The number of nitrogens with one attached hydrogen (secondary N) is 1. The summed E-state index contributed by atoms with van der Waals surface area (Å²) in [7, 11) is 0. The first kappa shape index (κ1) is 23.4. The molecule has 0 spiro atoms. The highest BCUT2D eigenvalue weighted by molar-refractivity contribution is 6.32. The monoisotopic (exact) mass is 514 g/mol. The van der Waals surface area contributed by atoms with E-state index in [1.54, 1.807) is 24.3 Å². The molecular weight excluding hydrogens is 501 g/mol. The van der Waals surface area contributed by atoms with E-state index in [-0.39, 0.29) is 22.2 Å². The Morgan fingerprint density at radius 2 is 1.75 bits per heavy atom. The first-order chi connectivity index (χ1) is 17.3. The average molecular weight is 515 g/mol. The predicted molar refractivity (Wildman–Crippen MR) is 122 cm³/mol. The molecule has 0 atom stereocenters. The number of aromatic nitrogens is 7. The van der Waals surface area contributed by atoms with Crippen molar-refractivity contribution in [1.29, 1.82) is 0 Å². The molecule has 36 heavy (non-hydrogen) atoms. The van der Waals surface area contributed by atoms with E-state index in [1.165, 1.54) is 30.9 Å². The molecule has 10 nitrogen and oxygen atoms in total. The molecule has 5 rings (SSSR count). The van der Waals surface area contributed by atoms with Crippen molar-refractivity contribution in [3.63, 3.8) is 0 Å². The molecule has 14 heteroatoms. The highest BCUT2D eigenvalue weighted by Gasteiger charge is 2.41. The van der Waals surface area contributed by atoms with Crippen LogP contribution in [0.15, 0.2) is 61.3 Å². The number of aliphatic hydroxyl groups is 1. The van der Waals surface area contributed by atoms with E-state index >= 15 is 0 Å². The lowest BCUT2D eigenvalue weighted by Crippen LogP contribution is -2.21. The first-order valence-corrected chi connectivity index (χ1v) is 10.6. The van der Waals surface area contributed by atoms with Gasteiger partial charge in [0.15, 0.2) is 11.5 Å². The Bertz CT molecular complexity index is 1580. The molecule has 0 aliphatic rings. The summed E-state index contributed by atoms with van der Waals surface area (Å²) in [5.74, 6) is -0.894. The molecule has 0 unspecified atom stereocenters. The largest absolute Gasteiger partial charge is 0.434 e. The van der Waals surface area contributed by atoms with E-state index in [0.717, 1.165) is 11.0 Å². The van der Waals surface area contributed by atoms with Crippen molar-refractivity contribution < 1.29 is 23.1 Å². The zero-order chi connectivity index (χ0) is 25.4. The Labute approximate surface area is 205 Å². The number of alkyl halides is 3. The molecule has 0 saturated carbocycles. The number of halogens is 4. The normalized spacial score (nSPS) is 11.7. The number of carbonyl (C=O) groups excluding carboxylic acids is 1. The van der Waals surface area contributed by atoms with Gasteiger partial charge >= 0.3 is 6.18 Å². The molecule has 0 saturated heterocycles. The van der Waals surface area contributed by atoms with Gasteiger partial charge in [0.05, 0.1) is 65.2 Å². The van der Waals surface area contributed by atoms with Crippen LogP contribution in [-0.2, 0) is 12.8 Å². The predicted octanol–water partition coefficient (Wildman–Crippen LogP) is 3.81. The topological polar surface area (TPSA) is 124 Å². The highest BCUT2D eigenvalue weighted by atomic mass is 35.5. The maximum Gasteiger partial charge on any atom is 0.434 e. The van der Waals surface area contributed by atoms with Gasteiger partial charge in [0.1, 0.15) is 0 Å². The summed E-state index contributed by atoms with van der Waals surface area (Å²) in [6, 6.07) is 7.83. The number of benzene rings is 1. The third-order valence-electron chi connectivity index (χ3n) is 5.20. The number of anilines is 1. The van der Waals surface area contributed by atoms with Gasteiger partial charge in [0.2, 0.25) is 0 Å². The average Bonchev–Trinajstić information content (AvgIpc) is 3.54. The molecule has 182 valence electrons. The van der Waals surface area contributed by atoms with Gasteiger partial charge in [0.25, 0.3) is 5.91 Å². The van der Waals surface area contributed by atoms with Crippen molar-refractivity contribution in [2.75, 3.05) is 5.32 Å². The van der Waals surface area contributed by atoms with E-state index in [0.29, 0.717) is 21.1 Å². The second-order valence-corrected chi connectivity index (χ2v) is 7.82. The SMILES string of the molecule is O=C(Nc1cnc(-n2nccn2)c(Cl)c1)c1cnn(-c2cnc(CO)c3ccccc23)c1C(F)(F)F. The van der Waals surface area contributed by atoms with Gasteiger partial charge in [-0.25, -0.2) is 9.67 Å². The Morgan fingerprint density at radius 3 is 2.42 bits per heavy atom. The van der Waals surface area contributed by atoms with Crippen LogP contribution in [0.1, 0.15) is 21.7 Å². The minimum Gasteiger partial charge on any atom is -0.390 e. The van der Waals surface area contributed by atoms with Crippen molar-refractivity contribution in [3.05, 3.63) is 83.3 Å². The first-order valence-electron chi connectivity index (χ1n) is 10.2. The summed E-state index contributed by atoms with van der Waals surface area (Å²) in [5, 5.41) is 24.5. The van der Waals surface area contributed by atoms with Crippen LogP contribution in [0.25, 0.3) is 22.3 Å². The van der Waals surface area contributed by atoms with Gasteiger partial charge in [-0.05, 0) is 6.07 Å². The lowest BCUT2D eigenvalue weighted by molar-refractivity contribution is -0.143. The van der Waals surface area contributed by atoms with Crippen LogP contribution in [0.4, 0.5) is 18.9 Å². The molecule has 4 aromatic heterocycles. The second-order valence-electron chi connectivity index (χ2n) is 7.41. The van der Waals surface area contributed by atoms with Crippen LogP contribution >= 0.6 is 11.6 Å². The number of fused-ring (bicyclic) bond motifs is 1. The number of rotatable bonds is 5. The van der Waals surface area contributed by atoms with Gasteiger partial charge < -0.3 is 10.4 Å². The molecule has 0 bridgehead atoms. The summed E-state index contributed by atoms with van der Waals surface area (Å²) in [5.41, 5.74) is -1.66. The summed E-state index contributed by atoms with van der Waals surface area (Å²) >= 11 is 6.18. The Morgan fingerprint density at radius 1 is 1.03 bits per heavy atom. The van der Waals surface area contributed by atoms with Gasteiger partial charge in [-0.2, -0.15) is 28.5 Å². The third kappa shape index (κ3) is 4.14. The molecule has 0 aliphatic carbocycles. The number of hydrogen-bond acceptors (Lipinski definition) is 7. The lowest BCUT2D eigenvalue weighted by atomic mass is 10.1. The number of pyridine rings is 2. The molecule has 0 fully saturated rings. The van der Waals surface area contributed by atoms with Crippen LogP contribution in [0.5, 0.6) is 0 Å². The molecular formula is C22H14ClF3N8O2. The van der Waals surface area contributed by atoms with Gasteiger partial charge in [-0.15, -0.1) is 4.80 Å². The fraction of sp³-hybridized carbons (Fsp3) is 0.0909. The fourth-order valence-corrected chi connectivity index (χ4v) is 3.91. The maximum absolute atomic E-state index is 14.2. The van der Waals surface area contributed by atoms with Gasteiger partial charge in [-0.1, -0.05) is 35.9 Å². The zero-order valence-electron chi connectivity index (χ0n) is 18.0. The Kier molecular flexibility index (Phi) is 5.86. The molecule has 0 aliphatic heterocycles. The Balaban J connectivity index is 1.54. The molecule has 1 amide bonds. The minimum absolute atomic E-state index is 0.00467. The molecule has 4 heterocycles. The van der Waals surface area contributed by atoms with Crippen LogP contribution in [0, 0.1) is 0 Å². The molecule has 0 radical (unpaired) electrons.